The smallest absolute Gasteiger partial charge is 0.350 e. The number of nitrogens with zero attached hydrogens (tertiary/aromatic N) is 1. The minimum absolute atomic E-state index is 0. The fourth-order valence-corrected chi connectivity index (χ4v) is 2.67. The lowest BCUT2D eigenvalue weighted by Crippen LogP contribution is -2.34. The molecule has 0 aromatic carbocycles. The topological polar surface area (TPSA) is 94.3 Å². The van der Waals surface area contributed by atoms with E-state index in [2.05, 4.69) is 10.3 Å². The second-order valence-electron chi connectivity index (χ2n) is 6.08. The van der Waals surface area contributed by atoms with E-state index < -0.39 is 5.97 Å². The highest BCUT2D eigenvalue weighted by Gasteiger charge is 2.29. The predicted octanol–water partition coefficient (Wildman–Crippen LogP) is 2.57. The highest BCUT2D eigenvalue weighted by atomic mass is 35.5. The van der Waals surface area contributed by atoms with Crippen molar-refractivity contribution in [3.8, 4) is 0 Å². The third kappa shape index (κ3) is 4.93. The number of halogens is 1. The highest BCUT2D eigenvalue weighted by Crippen LogP contribution is 2.32. The molecule has 8 heteroatoms. The van der Waals surface area contributed by atoms with E-state index in [0.29, 0.717) is 15.7 Å². The molecule has 3 N–H and O–H groups in total. The number of thiazole rings is 1. The van der Waals surface area contributed by atoms with E-state index in [1.807, 2.05) is 20.8 Å². The third-order valence-electron chi connectivity index (χ3n) is 3.14. The van der Waals surface area contributed by atoms with Crippen LogP contribution in [0, 0.1) is 5.92 Å². The van der Waals surface area contributed by atoms with Crippen LogP contribution in [-0.4, -0.2) is 30.0 Å². The summed E-state index contributed by atoms with van der Waals surface area (Å²) in [6.07, 6.45) is 0. The monoisotopic (exact) mass is 349 g/mol. The number of carbonyl (C=O) groups is 2. The van der Waals surface area contributed by atoms with Crippen molar-refractivity contribution in [1.29, 1.82) is 0 Å². The standard InChI is InChI=1S/C14H23N3O3S.ClH/c1-7(8(2)15)11(18)17-13-16-10(14(3,4)5)9(21-13)12(19)20-6;/h7-8H,15H2,1-6H3,(H,16,17,18);1H. The van der Waals surface area contributed by atoms with Gasteiger partial charge in [-0.25, -0.2) is 9.78 Å². The molecule has 2 unspecified atom stereocenters. The van der Waals surface area contributed by atoms with Crippen LogP contribution in [0.2, 0.25) is 0 Å². The Bertz CT molecular complexity index is 538. The van der Waals surface area contributed by atoms with Crippen molar-refractivity contribution in [3.05, 3.63) is 10.6 Å². The molecule has 126 valence electrons. The summed E-state index contributed by atoms with van der Waals surface area (Å²) in [5.41, 5.74) is 6.00. The van der Waals surface area contributed by atoms with Gasteiger partial charge >= 0.3 is 5.97 Å². The molecule has 0 saturated carbocycles. The van der Waals surface area contributed by atoms with Crippen molar-refractivity contribution in [3.63, 3.8) is 0 Å². The van der Waals surface area contributed by atoms with Gasteiger partial charge in [-0.3, -0.25) is 4.79 Å². The van der Waals surface area contributed by atoms with Crippen LogP contribution >= 0.6 is 23.7 Å². The Morgan fingerprint density at radius 3 is 2.27 bits per heavy atom. The molecule has 0 aliphatic heterocycles. The normalized spacial score (nSPS) is 13.8. The molecule has 0 saturated heterocycles. The highest BCUT2D eigenvalue weighted by molar-refractivity contribution is 7.17. The average molecular weight is 350 g/mol. The SMILES string of the molecule is COC(=O)c1sc(NC(=O)C(C)C(C)N)nc1C(C)(C)C.Cl. The summed E-state index contributed by atoms with van der Waals surface area (Å²) in [6, 6.07) is -0.257. The van der Waals surface area contributed by atoms with Gasteiger partial charge in [0.15, 0.2) is 5.13 Å². The Balaban J connectivity index is 0.00000441. The van der Waals surface area contributed by atoms with Gasteiger partial charge in [0.05, 0.1) is 18.7 Å². The van der Waals surface area contributed by atoms with Gasteiger partial charge in [0.25, 0.3) is 0 Å². The molecular weight excluding hydrogens is 326 g/mol. The second kappa shape index (κ2) is 7.89. The molecule has 1 rings (SSSR count). The molecule has 0 fully saturated rings. The van der Waals surface area contributed by atoms with Crippen LogP contribution in [0.15, 0.2) is 0 Å². The largest absolute Gasteiger partial charge is 0.465 e. The van der Waals surface area contributed by atoms with Gasteiger partial charge in [-0.15, -0.1) is 12.4 Å². The number of hydrogen-bond donors (Lipinski definition) is 2. The first kappa shape index (κ1) is 20.8. The third-order valence-corrected chi connectivity index (χ3v) is 4.09. The number of ether oxygens (including phenoxy) is 1. The number of methoxy groups -OCH3 is 1. The minimum Gasteiger partial charge on any atom is -0.465 e. The fraction of sp³-hybridized carbons (Fsp3) is 0.643. The fourth-order valence-electron chi connectivity index (χ4n) is 1.57. The average Bonchev–Trinajstić information content (AvgIpc) is 2.80. The Labute approximate surface area is 141 Å². The first-order chi connectivity index (χ1) is 9.57. The van der Waals surface area contributed by atoms with E-state index in [1.165, 1.54) is 7.11 Å². The van der Waals surface area contributed by atoms with E-state index in [0.717, 1.165) is 11.3 Å². The Morgan fingerprint density at radius 2 is 1.86 bits per heavy atom. The molecule has 22 heavy (non-hydrogen) atoms. The van der Waals surface area contributed by atoms with E-state index in [9.17, 15) is 9.59 Å². The number of rotatable bonds is 4. The maximum atomic E-state index is 12.0. The maximum Gasteiger partial charge on any atom is 0.350 e. The predicted molar refractivity (Wildman–Crippen MR) is 90.8 cm³/mol. The number of carbonyl (C=O) groups excluding carboxylic acids is 2. The number of aromatic nitrogens is 1. The molecule has 6 nitrogen and oxygen atoms in total. The van der Waals surface area contributed by atoms with Crippen molar-refractivity contribution >= 4 is 40.8 Å². The van der Waals surface area contributed by atoms with Gasteiger partial charge in [-0.1, -0.05) is 39.0 Å². The lowest BCUT2D eigenvalue weighted by molar-refractivity contribution is -0.119. The van der Waals surface area contributed by atoms with Crippen LogP contribution in [0.4, 0.5) is 5.13 Å². The van der Waals surface area contributed by atoms with E-state index in [1.54, 1.807) is 13.8 Å². The Hall–Kier alpha value is -1.18. The number of amides is 1. The Kier molecular flexibility index (Phi) is 7.47. The van der Waals surface area contributed by atoms with Crippen molar-refractivity contribution in [1.82, 2.24) is 4.98 Å². The Morgan fingerprint density at radius 1 is 1.32 bits per heavy atom. The molecule has 1 aromatic rings. The van der Waals surface area contributed by atoms with Gasteiger partial charge < -0.3 is 15.8 Å². The number of nitrogens with one attached hydrogen (secondary N) is 1. The summed E-state index contributed by atoms with van der Waals surface area (Å²) in [5, 5.41) is 3.10. The molecule has 1 amide bonds. The summed E-state index contributed by atoms with van der Waals surface area (Å²) < 4.78 is 4.77. The summed E-state index contributed by atoms with van der Waals surface area (Å²) in [5.74, 6) is -0.998. The maximum absolute atomic E-state index is 12.0. The van der Waals surface area contributed by atoms with Crippen molar-refractivity contribution in [2.75, 3.05) is 12.4 Å². The van der Waals surface area contributed by atoms with Crippen LogP contribution in [0.5, 0.6) is 0 Å². The van der Waals surface area contributed by atoms with Gasteiger partial charge in [-0.05, 0) is 6.92 Å². The summed E-state index contributed by atoms with van der Waals surface area (Å²) >= 11 is 1.12. The van der Waals surface area contributed by atoms with Crippen LogP contribution in [0.25, 0.3) is 0 Å². The molecule has 0 aliphatic carbocycles. The summed E-state index contributed by atoms with van der Waals surface area (Å²) in [6.45, 7) is 9.37. The van der Waals surface area contributed by atoms with Gasteiger partial charge in [0, 0.05) is 11.5 Å². The zero-order chi connectivity index (χ0) is 16.4. The zero-order valence-electron chi connectivity index (χ0n) is 13.7. The first-order valence-corrected chi connectivity index (χ1v) is 7.55. The first-order valence-electron chi connectivity index (χ1n) is 6.74. The number of esters is 1. The van der Waals surface area contributed by atoms with Crippen molar-refractivity contribution in [2.24, 2.45) is 11.7 Å². The van der Waals surface area contributed by atoms with Crippen LogP contribution in [0.1, 0.15) is 50.0 Å². The zero-order valence-corrected chi connectivity index (χ0v) is 15.4. The lowest BCUT2D eigenvalue weighted by Gasteiger charge is -2.16. The molecule has 0 aliphatic rings. The molecule has 1 heterocycles. The van der Waals surface area contributed by atoms with Gasteiger partial charge in [0.2, 0.25) is 5.91 Å². The van der Waals surface area contributed by atoms with E-state index in [4.69, 9.17) is 10.5 Å². The molecule has 0 spiro atoms. The number of anilines is 1. The molecular formula is C14H24ClN3O3S. The summed E-state index contributed by atoms with van der Waals surface area (Å²) in [4.78, 5) is 28.6. The van der Waals surface area contributed by atoms with Gasteiger partial charge in [-0.2, -0.15) is 0 Å². The van der Waals surface area contributed by atoms with Crippen LogP contribution < -0.4 is 11.1 Å². The van der Waals surface area contributed by atoms with E-state index >= 15 is 0 Å². The van der Waals surface area contributed by atoms with Crippen molar-refractivity contribution in [2.45, 2.75) is 46.1 Å². The quantitative estimate of drug-likeness (QED) is 0.814. The van der Waals surface area contributed by atoms with Crippen LogP contribution in [0.3, 0.4) is 0 Å². The van der Waals surface area contributed by atoms with E-state index in [-0.39, 0.29) is 35.7 Å². The summed E-state index contributed by atoms with van der Waals surface area (Å²) in [7, 11) is 1.32. The molecule has 0 radical (unpaired) electrons. The minimum atomic E-state index is -0.446. The molecule has 1 aromatic heterocycles. The number of hydrogen-bond acceptors (Lipinski definition) is 6. The molecule has 0 bridgehead atoms. The van der Waals surface area contributed by atoms with Crippen molar-refractivity contribution < 1.29 is 14.3 Å². The second-order valence-corrected chi connectivity index (χ2v) is 7.07. The van der Waals surface area contributed by atoms with Crippen LogP contribution in [-0.2, 0) is 14.9 Å². The lowest BCUT2D eigenvalue weighted by atomic mass is 9.91. The number of nitrogens with two attached hydrogens (primary N) is 1. The molecule has 2 atom stereocenters. The van der Waals surface area contributed by atoms with Gasteiger partial charge in [0.1, 0.15) is 4.88 Å².